The van der Waals surface area contributed by atoms with Gasteiger partial charge in [-0.1, -0.05) is 188 Å². The van der Waals surface area contributed by atoms with E-state index in [-0.39, 0.29) is 0 Å². The number of aromatic nitrogens is 3. The summed E-state index contributed by atoms with van der Waals surface area (Å²) in [4.78, 5) is 15.5. The first-order chi connectivity index (χ1) is 27.3. The number of nitrogens with zero attached hydrogens (tertiary/aromatic N) is 3. The van der Waals surface area contributed by atoms with E-state index < -0.39 is 5.41 Å². The fourth-order valence-electron chi connectivity index (χ4n) is 8.92. The molecule has 0 bridgehead atoms. The van der Waals surface area contributed by atoms with Gasteiger partial charge >= 0.3 is 0 Å². The zero-order valence-electron chi connectivity index (χ0n) is 29.9. The van der Waals surface area contributed by atoms with E-state index >= 15 is 0 Å². The topological polar surface area (TPSA) is 38.7 Å². The zero-order chi connectivity index (χ0) is 36.3. The zero-order valence-corrected chi connectivity index (χ0v) is 29.9. The Morgan fingerprint density at radius 1 is 0.327 bits per heavy atom. The third-order valence-corrected chi connectivity index (χ3v) is 11.4. The molecule has 3 heteroatoms. The normalized spacial score (nSPS) is 14.9. The number of benzene rings is 8. The van der Waals surface area contributed by atoms with Gasteiger partial charge in [0.25, 0.3) is 0 Å². The van der Waals surface area contributed by atoms with Gasteiger partial charge in [0.15, 0.2) is 17.5 Å². The Labute approximate surface area is 320 Å². The van der Waals surface area contributed by atoms with Crippen molar-refractivity contribution in [3.63, 3.8) is 0 Å². The van der Waals surface area contributed by atoms with Crippen molar-refractivity contribution >= 4 is 22.9 Å². The molecule has 0 saturated heterocycles. The summed E-state index contributed by atoms with van der Waals surface area (Å²) in [6.45, 7) is 0. The monoisotopic (exact) mass is 699 g/mol. The van der Waals surface area contributed by atoms with Gasteiger partial charge in [0, 0.05) is 16.7 Å². The van der Waals surface area contributed by atoms with Crippen molar-refractivity contribution in [2.24, 2.45) is 0 Å². The van der Waals surface area contributed by atoms with E-state index in [1.165, 1.54) is 55.3 Å². The molecule has 0 saturated carbocycles. The molecule has 0 radical (unpaired) electrons. The van der Waals surface area contributed by atoms with Crippen LogP contribution in [0.2, 0.25) is 0 Å². The summed E-state index contributed by atoms with van der Waals surface area (Å²) in [6, 6.07) is 67.2. The van der Waals surface area contributed by atoms with E-state index in [0.717, 1.165) is 27.8 Å². The Hall–Kier alpha value is -7.23. The lowest BCUT2D eigenvalue weighted by atomic mass is 9.65. The van der Waals surface area contributed by atoms with Crippen LogP contribution in [0.15, 0.2) is 188 Å². The van der Waals surface area contributed by atoms with Crippen LogP contribution in [0.25, 0.3) is 79.3 Å². The van der Waals surface area contributed by atoms with Crippen molar-refractivity contribution in [1.29, 1.82) is 0 Å². The lowest BCUT2D eigenvalue weighted by Gasteiger charge is -2.35. The highest BCUT2D eigenvalue weighted by atomic mass is 15.0. The SMILES string of the molecule is C1=Cc2ccc(-c3nc(-c4ccccc4)nc(-c4cccc(-c5ccccc5)c4)n3)cc2C2(c3ccccc31)c1ccccc1-c1c2ccc2ccccc12. The maximum Gasteiger partial charge on any atom is 0.164 e. The van der Waals surface area contributed by atoms with Crippen molar-refractivity contribution in [3.05, 3.63) is 221 Å². The van der Waals surface area contributed by atoms with Gasteiger partial charge in [0.05, 0.1) is 5.41 Å². The molecule has 9 aromatic rings. The van der Waals surface area contributed by atoms with Crippen LogP contribution in [0.4, 0.5) is 0 Å². The van der Waals surface area contributed by atoms with Crippen molar-refractivity contribution in [2.45, 2.75) is 5.41 Å². The van der Waals surface area contributed by atoms with Gasteiger partial charge in [-0.05, 0) is 78.5 Å². The number of hydrogen-bond acceptors (Lipinski definition) is 3. The summed E-state index contributed by atoms with van der Waals surface area (Å²) < 4.78 is 0. The highest BCUT2D eigenvalue weighted by molar-refractivity contribution is 6.05. The van der Waals surface area contributed by atoms with E-state index in [2.05, 4.69) is 176 Å². The molecule has 1 aromatic heterocycles. The molecule has 3 nitrogen and oxygen atoms in total. The molecule has 1 heterocycles. The smallest absolute Gasteiger partial charge is 0.164 e. The average Bonchev–Trinajstić information content (AvgIpc) is 3.48. The average molecular weight is 700 g/mol. The minimum absolute atomic E-state index is 0.580. The van der Waals surface area contributed by atoms with Crippen LogP contribution in [0.5, 0.6) is 0 Å². The Kier molecular flexibility index (Phi) is 7.08. The third-order valence-electron chi connectivity index (χ3n) is 11.4. The third kappa shape index (κ3) is 4.87. The molecule has 2 aliphatic rings. The van der Waals surface area contributed by atoms with Crippen molar-refractivity contribution < 1.29 is 0 Å². The molecule has 256 valence electrons. The molecule has 1 unspecified atom stereocenters. The summed E-state index contributed by atoms with van der Waals surface area (Å²) in [5.41, 5.74) is 14.5. The van der Waals surface area contributed by atoms with Crippen molar-refractivity contribution in [2.75, 3.05) is 0 Å². The molecule has 1 atom stereocenters. The predicted molar refractivity (Wildman–Crippen MR) is 225 cm³/mol. The van der Waals surface area contributed by atoms with Crippen LogP contribution >= 0.6 is 0 Å². The van der Waals surface area contributed by atoms with Crippen LogP contribution < -0.4 is 0 Å². The number of rotatable bonds is 4. The first-order valence-corrected chi connectivity index (χ1v) is 18.8. The molecule has 0 fully saturated rings. The van der Waals surface area contributed by atoms with Gasteiger partial charge in [-0.3, -0.25) is 0 Å². The number of fused-ring (bicyclic) bond motifs is 11. The van der Waals surface area contributed by atoms with Gasteiger partial charge < -0.3 is 0 Å². The van der Waals surface area contributed by atoms with Crippen LogP contribution in [-0.4, -0.2) is 15.0 Å². The molecule has 55 heavy (non-hydrogen) atoms. The first-order valence-electron chi connectivity index (χ1n) is 18.8. The van der Waals surface area contributed by atoms with E-state index in [0.29, 0.717) is 17.5 Å². The lowest BCUT2D eigenvalue weighted by molar-refractivity contribution is 0.767. The maximum atomic E-state index is 5.26. The van der Waals surface area contributed by atoms with Gasteiger partial charge in [0.2, 0.25) is 0 Å². The second-order valence-electron chi connectivity index (χ2n) is 14.3. The predicted octanol–water partition coefficient (Wildman–Crippen LogP) is 12.5. The van der Waals surface area contributed by atoms with Gasteiger partial charge in [0.1, 0.15) is 0 Å². The lowest BCUT2D eigenvalue weighted by Crippen LogP contribution is -2.30. The standard InChI is InChI=1S/C52H33N3/c1-3-14-34(15-4-1)39-20-13-21-40(32-39)50-53-49(38-18-5-2-6-19-38)54-51(55-50)41-29-28-37-27-26-36-17-8-11-24-44(36)52(47(37)33-41)45-25-12-10-23-43(45)48-42-22-9-7-16-35(42)30-31-46(48)52/h1-33H. The molecule has 0 amide bonds. The van der Waals surface area contributed by atoms with Gasteiger partial charge in [-0.25, -0.2) is 15.0 Å². The van der Waals surface area contributed by atoms with Crippen molar-refractivity contribution in [3.8, 4) is 56.4 Å². The molecule has 8 aromatic carbocycles. The minimum Gasteiger partial charge on any atom is -0.208 e. The molecule has 11 rings (SSSR count). The Balaban J connectivity index is 1.18. The molecular formula is C52H33N3. The largest absolute Gasteiger partial charge is 0.208 e. The summed E-state index contributed by atoms with van der Waals surface area (Å²) in [5, 5.41) is 2.51. The summed E-state index contributed by atoms with van der Waals surface area (Å²) in [5.74, 6) is 1.92. The van der Waals surface area contributed by atoms with Gasteiger partial charge in [-0.15, -0.1) is 0 Å². The Bertz CT molecular complexity index is 2980. The molecule has 0 aliphatic heterocycles. The molecular weight excluding hydrogens is 667 g/mol. The quantitative estimate of drug-likeness (QED) is 0.184. The van der Waals surface area contributed by atoms with E-state index in [4.69, 9.17) is 15.0 Å². The second kappa shape index (κ2) is 12.4. The summed E-state index contributed by atoms with van der Waals surface area (Å²) in [6.07, 6.45) is 4.55. The van der Waals surface area contributed by atoms with Crippen LogP contribution in [0.1, 0.15) is 33.4 Å². The molecule has 2 aliphatic carbocycles. The molecule has 1 spiro atoms. The highest BCUT2D eigenvalue weighted by Gasteiger charge is 2.49. The maximum absolute atomic E-state index is 5.26. The van der Waals surface area contributed by atoms with E-state index in [1.807, 2.05) is 24.3 Å². The molecule has 0 N–H and O–H groups in total. The van der Waals surface area contributed by atoms with Gasteiger partial charge in [-0.2, -0.15) is 0 Å². The Morgan fingerprint density at radius 2 is 0.909 bits per heavy atom. The van der Waals surface area contributed by atoms with E-state index in [1.54, 1.807) is 0 Å². The fourth-order valence-corrected chi connectivity index (χ4v) is 8.92. The first kappa shape index (κ1) is 31.3. The summed E-state index contributed by atoms with van der Waals surface area (Å²) in [7, 11) is 0. The Morgan fingerprint density at radius 3 is 1.71 bits per heavy atom. The number of hydrogen-bond donors (Lipinski definition) is 0. The van der Waals surface area contributed by atoms with Crippen molar-refractivity contribution in [1.82, 2.24) is 15.0 Å². The fraction of sp³-hybridized carbons (Fsp3) is 0.0192. The second-order valence-corrected chi connectivity index (χ2v) is 14.3. The van der Waals surface area contributed by atoms with Crippen LogP contribution in [0, 0.1) is 0 Å². The van der Waals surface area contributed by atoms with Crippen LogP contribution in [0.3, 0.4) is 0 Å². The van der Waals surface area contributed by atoms with Crippen LogP contribution in [-0.2, 0) is 5.41 Å². The minimum atomic E-state index is -0.580. The summed E-state index contributed by atoms with van der Waals surface area (Å²) >= 11 is 0. The highest BCUT2D eigenvalue weighted by Crippen LogP contribution is 2.60. The van der Waals surface area contributed by atoms with E-state index in [9.17, 15) is 0 Å².